The maximum Gasteiger partial charge on any atom is 0.277 e. The molecule has 3 N–H and O–H groups in total. The van der Waals surface area contributed by atoms with Crippen LogP contribution < -0.4 is 5.73 Å². The third-order valence-corrected chi connectivity index (χ3v) is 4.82. The van der Waals surface area contributed by atoms with Crippen molar-refractivity contribution in [2.24, 2.45) is 5.73 Å². The van der Waals surface area contributed by atoms with Crippen LogP contribution in [0.25, 0.3) is 11.1 Å². The lowest BCUT2D eigenvalue weighted by atomic mass is 10.0. The van der Waals surface area contributed by atoms with Gasteiger partial charge in [0.2, 0.25) is 5.91 Å². The number of hydrogen-bond acceptors (Lipinski definition) is 5. The highest BCUT2D eigenvalue weighted by Crippen LogP contribution is 2.21. The van der Waals surface area contributed by atoms with Gasteiger partial charge in [0.1, 0.15) is 0 Å². The fraction of sp³-hybridized carbons (Fsp3) is 0.333. The smallest absolute Gasteiger partial charge is 0.277 e. The van der Waals surface area contributed by atoms with E-state index in [1.807, 2.05) is 12.1 Å². The number of morpholine rings is 1. The van der Waals surface area contributed by atoms with Crippen LogP contribution in [0.1, 0.15) is 27.1 Å². The van der Waals surface area contributed by atoms with E-state index in [4.69, 9.17) is 10.5 Å². The molecule has 0 atom stereocenters. The molecule has 2 aromatic rings. The molecule has 7 nitrogen and oxygen atoms in total. The Bertz CT molecular complexity index is 799. The van der Waals surface area contributed by atoms with Crippen molar-refractivity contribution >= 4 is 11.8 Å². The first-order valence-electron chi connectivity index (χ1n) is 9.36. The zero-order chi connectivity index (χ0) is 19.9. The van der Waals surface area contributed by atoms with Crippen molar-refractivity contribution in [2.45, 2.75) is 6.42 Å². The van der Waals surface area contributed by atoms with Gasteiger partial charge in [0.05, 0.1) is 13.2 Å². The van der Waals surface area contributed by atoms with Gasteiger partial charge >= 0.3 is 0 Å². The van der Waals surface area contributed by atoms with Crippen LogP contribution in [0.3, 0.4) is 0 Å². The molecular formula is C21H25N3O4. The number of hydrogen-bond donors (Lipinski definition) is 2. The quantitative estimate of drug-likeness (QED) is 0.563. The maximum atomic E-state index is 12.4. The predicted octanol–water partition coefficient (Wildman–Crippen LogP) is 2.01. The standard InChI is InChI=1S/C21H25N3O4/c22-20(25)18-6-2-16(3-7-18)17-4-8-19(9-5-17)21(26)24(27)11-1-10-23-12-14-28-15-13-23/h2-9,27H,1,10-15H2,(H2,22,25). The molecule has 28 heavy (non-hydrogen) atoms. The Morgan fingerprint density at radius 1 is 0.964 bits per heavy atom. The first kappa shape index (κ1) is 20.0. The van der Waals surface area contributed by atoms with Gasteiger partial charge in [-0.1, -0.05) is 24.3 Å². The number of benzene rings is 2. The molecule has 0 aromatic heterocycles. The number of amides is 2. The Morgan fingerprint density at radius 2 is 1.50 bits per heavy atom. The monoisotopic (exact) mass is 383 g/mol. The van der Waals surface area contributed by atoms with Crippen molar-refractivity contribution in [1.82, 2.24) is 9.96 Å². The minimum atomic E-state index is -0.468. The third kappa shape index (κ3) is 5.16. The Hall–Kier alpha value is -2.74. The molecule has 1 aliphatic rings. The highest BCUT2D eigenvalue weighted by Gasteiger charge is 2.15. The first-order chi connectivity index (χ1) is 13.5. The van der Waals surface area contributed by atoms with Gasteiger partial charge in [-0.15, -0.1) is 0 Å². The highest BCUT2D eigenvalue weighted by molar-refractivity contribution is 5.94. The topological polar surface area (TPSA) is 96.1 Å². The first-order valence-corrected chi connectivity index (χ1v) is 9.36. The molecular weight excluding hydrogens is 358 g/mol. The van der Waals surface area contributed by atoms with Crippen LogP contribution in [-0.4, -0.2) is 66.4 Å². The molecule has 3 rings (SSSR count). The number of rotatable bonds is 7. The summed E-state index contributed by atoms with van der Waals surface area (Å²) >= 11 is 0. The zero-order valence-electron chi connectivity index (χ0n) is 15.7. The van der Waals surface area contributed by atoms with Gasteiger partial charge in [0, 0.05) is 37.3 Å². The van der Waals surface area contributed by atoms with E-state index in [0.717, 1.165) is 49.0 Å². The molecule has 1 saturated heterocycles. The molecule has 0 aliphatic carbocycles. The van der Waals surface area contributed by atoms with E-state index in [0.29, 0.717) is 17.5 Å². The van der Waals surface area contributed by atoms with E-state index in [1.165, 1.54) is 0 Å². The maximum absolute atomic E-state index is 12.4. The molecule has 0 unspecified atom stereocenters. The summed E-state index contributed by atoms with van der Waals surface area (Å²) in [5.41, 5.74) is 7.94. The molecule has 7 heteroatoms. The molecule has 0 bridgehead atoms. The van der Waals surface area contributed by atoms with E-state index in [9.17, 15) is 14.8 Å². The average Bonchev–Trinajstić information content (AvgIpc) is 2.74. The fourth-order valence-corrected chi connectivity index (χ4v) is 3.15. The summed E-state index contributed by atoms with van der Waals surface area (Å²) < 4.78 is 5.30. The highest BCUT2D eigenvalue weighted by atomic mass is 16.5. The van der Waals surface area contributed by atoms with Gasteiger partial charge in [-0.3, -0.25) is 19.7 Å². The molecule has 0 saturated carbocycles. The van der Waals surface area contributed by atoms with E-state index in [2.05, 4.69) is 4.90 Å². The number of nitrogens with two attached hydrogens (primary N) is 1. The Kier molecular flexibility index (Phi) is 6.76. The minimum absolute atomic E-state index is 0.284. The van der Waals surface area contributed by atoms with Crippen molar-refractivity contribution in [1.29, 1.82) is 0 Å². The SMILES string of the molecule is NC(=O)c1ccc(-c2ccc(C(=O)N(O)CCCN3CCOCC3)cc2)cc1. The number of primary amides is 1. The molecule has 0 radical (unpaired) electrons. The summed E-state index contributed by atoms with van der Waals surface area (Å²) in [4.78, 5) is 25.8. The lowest BCUT2D eigenvalue weighted by molar-refractivity contribution is -0.0607. The van der Waals surface area contributed by atoms with Gasteiger partial charge in [0.25, 0.3) is 5.91 Å². The average molecular weight is 383 g/mol. The second kappa shape index (κ2) is 9.45. The fourth-order valence-electron chi connectivity index (χ4n) is 3.15. The van der Waals surface area contributed by atoms with Crippen LogP contribution in [0, 0.1) is 0 Å². The van der Waals surface area contributed by atoms with E-state index in [1.54, 1.807) is 36.4 Å². The number of carbonyl (C=O) groups is 2. The van der Waals surface area contributed by atoms with Gasteiger partial charge in [-0.05, 0) is 41.8 Å². The Balaban J connectivity index is 1.54. The van der Waals surface area contributed by atoms with Crippen molar-refractivity contribution < 1.29 is 19.5 Å². The molecule has 2 aromatic carbocycles. The van der Waals surface area contributed by atoms with Crippen LogP contribution in [0.15, 0.2) is 48.5 Å². The normalized spacial score (nSPS) is 14.6. The van der Waals surface area contributed by atoms with Crippen LogP contribution in [-0.2, 0) is 4.74 Å². The molecule has 2 amide bonds. The molecule has 1 heterocycles. The lowest BCUT2D eigenvalue weighted by Gasteiger charge is -2.27. The van der Waals surface area contributed by atoms with Crippen molar-refractivity contribution in [3.63, 3.8) is 0 Å². The second-order valence-electron chi connectivity index (χ2n) is 6.75. The van der Waals surface area contributed by atoms with Crippen LogP contribution in [0.2, 0.25) is 0 Å². The van der Waals surface area contributed by atoms with E-state index < -0.39 is 11.8 Å². The summed E-state index contributed by atoms with van der Waals surface area (Å²) in [6, 6.07) is 13.9. The summed E-state index contributed by atoms with van der Waals surface area (Å²) in [7, 11) is 0. The van der Waals surface area contributed by atoms with Crippen LogP contribution in [0.4, 0.5) is 0 Å². The Labute approximate surface area is 164 Å². The van der Waals surface area contributed by atoms with Crippen LogP contribution >= 0.6 is 0 Å². The van der Waals surface area contributed by atoms with Gasteiger partial charge in [0.15, 0.2) is 0 Å². The van der Waals surface area contributed by atoms with Gasteiger partial charge in [-0.2, -0.15) is 0 Å². The Morgan fingerprint density at radius 3 is 2.04 bits per heavy atom. The molecule has 0 spiro atoms. The number of ether oxygens (including phenoxy) is 1. The molecule has 1 fully saturated rings. The molecule has 148 valence electrons. The summed E-state index contributed by atoms with van der Waals surface area (Å²) in [6.07, 6.45) is 0.701. The third-order valence-electron chi connectivity index (χ3n) is 4.82. The van der Waals surface area contributed by atoms with Crippen molar-refractivity contribution in [2.75, 3.05) is 39.4 Å². The summed E-state index contributed by atoms with van der Waals surface area (Å²) in [5.74, 6) is -0.887. The van der Waals surface area contributed by atoms with Crippen molar-refractivity contribution in [3.8, 4) is 11.1 Å². The van der Waals surface area contributed by atoms with Crippen molar-refractivity contribution in [3.05, 3.63) is 59.7 Å². The number of nitrogens with zero attached hydrogens (tertiary/aromatic N) is 2. The van der Waals surface area contributed by atoms with Gasteiger partial charge in [-0.25, -0.2) is 5.06 Å². The summed E-state index contributed by atoms with van der Waals surface area (Å²) in [6.45, 7) is 4.36. The van der Waals surface area contributed by atoms with Gasteiger partial charge < -0.3 is 10.5 Å². The largest absolute Gasteiger partial charge is 0.379 e. The minimum Gasteiger partial charge on any atom is -0.379 e. The number of carbonyl (C=O) groups excluding carboxylic acids is 2. The molecule has 1 aliphatic heterocycles. The number of hydroxylamine groups is 2. The van der Waals surface area contributed by atoms with Crippen LogP contribution in [0.5, 0.6) is 0 Å². The second-order valence-corrected chi connectivity index (χ2v) is 6.75. The zero-order valence-corrected chi connectivity index (χ0v) is 15.7. The van der Waals surface area contributed by atoms with E-state index >= 15 is 0 Å². The predicted molar refractivity (Wildman–Crippen MR) is 105 cm³/mol. The van der Waals surface area contributed by atoms with E-state index in [-0.39, 0.29) is 6.54 Å². The summed E-state index contributed by atoms with van der Waals surface area (Å²) in [5, 5.41) is 10.8. The lowest BCUT2D eigenvalue weighted by Crippen LogP contribution is -2.38.